The monoisotopic (exact) mass is 419 g/mol. The SMILES string of the molecule is CCn1c(-c2ccc(OCOC)cc2Cl)ccc(I)c1=O. The average molecular weight is 420 g/mol. The zero-order valence-electron chi connectivity index (χ0n) is 11.7. The first-order chi connectivity index (χ1) is 10.1. The second kappa shape index (κ2) is 7.29. The topological polar surface area (TPSA) is 40.5 Å². The maximum absolute atomic E-state index is 12.2. The fourth-order valence-electron chi connectivity index (χ4n) is 2.02. The highest BCUT2D eigenvalue weighted by atomic mass is 127. The van der Waals surface area contributed by atoms with Crippen LogP contribution in [0.2, 0.25) is 5.02 Å². The number of pyridine rings is 1. The van der Waals surface area contributed by atoms with Gasteiger partial charge in [-0.05, 0) is 59.8 Å². The zero-order valence-corrected chi connectivity index (χ0v) is 14.6. The van der Waals surface area contributed by atoms with Crippen molar-refractivity contribution in [3.8, 4) is 17.0 Å². The Balaban J connectivity index is 2.48. The van der Waals surface area contributed by atoms with Crippen molar-refractivity contribution in [3.05, 3.63) is 49.3 Å². The number of hydrogen-bond acceptors (Lipinski definition) is 3. The zero-order chi connectivity index (χ0) is 15.4. The summed E-state index contributed by atoms with van der Waals surface area (Å²) in [6.07, 6.45) is 0. The summed E-state index contributed by atoms with van der Waals surface area (Å²) >= 11 is 8.36. The summed E-state index contributed by atoms with van der Waals surface area (Å²) in [7, 11) is 1.56. The molecule has 0 saturated heterocycles. The Hall–Kier alpha value is -1.05. The number of ether oxygens (including phenoxy) is 2. The van der Waals surface area contributed by atoms with Crippen molar-refractivity contribution in [2.75, 3.05) is 13.9 Å². The average Bonchev–Trinajstić information content (AvgIpc) is 2.48. The summed E-state index contributed by atoms with van der Waals surface area (Å²) < 4.78 is 12.6. The van der Waals surface area contributed by atoms with Crippen LogP contribution in [0, 0.1) is 3.57 Å². The Kier molecular flexibility index (Phi) is 5.66. The molecule has 2 rings (SSSR count). The molecule has 0 aliphatic rings. The van der Waals surface area contributed by atoms with E-state index in [9.17, 15) is 4.79 Å². The van der Waals surface area contributed by atoms with Crippen LogP contribution in [0.1, 0.15) is 6.92 Å². The molecule has 0 aliphatic carbocycles. The Bertz CT molecular complexity index is 700. The summed E-state index contributed by atoms with van der Waals surface area (Å²) in [6.45, 7) is 2.69. The Morgan fingerprint density at radius 1 is 1.29 bits per heavy atom. The van der Waals surface area contributed by atoms with E-state index >= 15 is 0 Å². The smallest absolute Gasteiger partial charge is 0.264 e. The predicted molar refractivity (Wildman–Crippen MR) is 92.0 cm³/mol. The molecule has 1 aromatic heterocycles. The van der Waals surface area contributed by atoms with Gasteiger partial charge in [-0.3, -0.25) is 4.79 Å². The van der Waals surface area contributed by atoms with Crippen LogP contribution in [-0.2, 0) is 11.3 Å². The summed E-state index contributed by atoms with van der Waals surface area (Å²) in [4.78, 5) is 12.2. The van der Waals surface area contributed by atoms with Gasteiger partial charge in [-0.2, -0.15) is 0 Å². The number of benzene rings is 1. The molecule has 0 saturated carbocycles. The highest BCUT2D eigenvalue weighted by Gasteiger charge is 2.11. The highest BCUT2D eigenvalue weighted by Crippen LogP contribution is 2.31. The number of methoxy groups -OCH3 is 1. The fraction of sp³-hybridized carbons (Fsp3) is 0.267. The molecule has 2 aromatic rings. The van der Waals surface area contributed by atoms with Crippen LogP contribution in [0.15, 0.2) is 35.1 Å². The Labute approximate surface area is 141 Å². The summed E-state index contributed by atoms with van der Waals surface area (Å²) in [5.74, 6) is 0.626. The standard InChI is InChI=1S/C15H15ClINO3/c1-3-18-14(7-6-13(17)15(18)19)11-5-4-10(8-12(11)16)21-9-20-2/h4-8H,3,9H2,1-2H3. The van der Waals surface area contributed by atoms with Crippen molar-refractivity contribution in [1.29, 1.82) is 0 Å². The molecular formula is C15H15ClINO3. The molecule has 0 atom stereocenters. The second-order valence-electron chi connectivity index (χ2n) is 4.31. The molecular weight excluding hydrogens is 405 g/mol. The summed E-state index contributed by atoms with van der Waals surface area (Å²) in [6, 6.07) is 9.09. The highest BCUT2D eigenvalue weighted by molar-refractivity contribution is 14.1. The molecule has 0 aliphatic heterocycles. The Morgan fingerprint density at radius 3 is 2.67 bits per heavy atom. The molecule has 1 aromatic carbocycles. The van der Waals surface area contributed by atoms with E-state index in [1.54, 1.807) is 23.8 Å². The molecule has 0 fully saturated rings. The van der Waals surface area contributed by atoms with Gasteiger partial charge in [-0.15, -0.1) is 0 Å². The van der Waals surface area contributed by atoms with Crippen molar-refractivity contribution >= 4 is 34.2 Å². The number of halogens is 2. The van der Waals surface area contributed by atoms with Crippen molar-refractivity contribution in [3.63, 3.8) is 0 Å². The maximum Gasteiger partial charge on any atom is 0.264 e. The van der Waals surface area contributed by atoms with Gasteiger partial charge in [-0.25, -0.2) is 0 Å². The Morgan fingerprint density at radius 2 is 2.05 bits per heavy atom. The third kappa shape index (κ3) is 3.59. The predicted octanol–water partition coefficient (Wildman–Crippen LogP) is 3.78. The van der Waals surface area contributed by atoms with Crippen molar-refractivity contribution < 1.29 is 9.47 Å². The number of rotatable bonds is 5. The molecule has 0 bridgehead atoms. The minimum Gasteiger partial charge on any atom is -0.468 e. The third-order valence-electron chi connectivity index (χ3n) is 3.00. The van der Waals surface area contributed by atoms with Gasteiger partial charge in [0.05, 0.1) is 14.3 Å². The minimum absolute atomic E-state index is 0.00799. The summed E-state index contributed by atoms with van der Waals surface area (Å²) in [5, 5.41) is 0.534. The van der Waals surface area contributed by atoms with Gasteiger partial charge < -0.3 is 14.0 Å². The molecule has 21 heavy (non-hydrogen) atoms. The van der Waals surface area contributed by atoms with Crippen molar-refractivity contribution in [2.24, 2.45) is 0 Å². The van der Waals surface area contributed by atoms with Crippen LogP contribution >= 0.6 is 34.2 Å². The molecule has 0 radical (unpaired) electrons. The van der Waals surface area contributed by atoms with Crippen LogP contribution in [-0.4, -0.2) is 18.5 Å². The molecule has 0 spiro atoms. The van der Waals surface area contributed by atoms with Gasteiger partial charge >= 0.3 is 0 Å². The van der Waals surface area contributed by atoms with Crippen LogP contribution in [0.4, 0.5) is 0 Å². The first kappa shape index (κ1) is 16.3. The maximum atomic E-state index is 12.2. The quantitative estimate of drug-likeness (QED) is 0.547. The van der Waals surface area contributed by atoms with Gasteiger partial charge in [0.2, 0.25) is 0 Å². The van der Waals surface area contributed by atoms with Gasteiger partial charge in [0, 0.05) is 19.2 Å². The molecule has 1 heterocycles. The van der Waals surface area contributed by atoms with Crippen LogP contribution in [0.3, 0.4) is 0 Å². The van der Waals surface area contributed by atoms with E-state index in [1.807, 2.05) is 47.7 Å². The molecule has 112 valence electrons. The molecule has 0 N–H and O–H groups in total. The number of hydrogen-bond donors (Lipinski definition) is 0. The van der Waals surface area contributed by atoms with Gasteiger partial charge in [-0.1, -0.05) is 11.6 Å². The van der Waals surface area contributed by atoms with E-state index in [-0.39, 0.29) is 12.4 Å². The third-order valence-corrected chi connectivity index (χ3v) is 4.14. The molecule has 0 unspecified atom stereocenters. The van der Waals surface area contributed by atoms with Gasteiger partial charge in [0.25, 0.3) is 5.56 Å². The second-order valence-corrected chi connectivity index (χ2v) is 5.88. The first-order valence-electron chi connectivity index (χ1n) is 6.39. The van der Waals surface area contributed by atoms with Crippen molar-refractivity contribution in [2.45, 2.75) is 13.5 Å². The van der Waals surface area contributed by atoms with E-state index < -0.39 is 0 Å². The van der Waals surface area contributed by atoms with E-state index in [2.05, 4.69) is 0 Å². The summed E-state index contributed by atoms with van der Waals surface area (Å²) in [5.41, 5.74) is 1.59. The largest absolute Gasteiger partial charge is 0.468 e. The number of nitrogens with zero attached hydrogens (tertiary/aromatic N) is 1. The fourth-order valence-corrected chi connectivity index (χ4v) is 2.76. The number of aromatic nitrogens is 1. The lowest BCUT2D eigenvalue weighted by Gasteiger charge is -2.14. The van der Waals surface area contributed by atoms with Crippen LogP contribution in [0.25, 0.3) is 11.3 Å². The molecule has 6 heteroatoms. The van der Waals surface area contributed by atoms with Crippen LogP contribution < -0.4 is 10.3 Å². The van der Waals surface area contributed by atoms with Crippen LogP contribution in [0.5, 0.6) is 5.75 Å². The first-order valence-corrected chi connectivity index (χ1v) is 7.85. The van der Waals surface area contributed by atoms with Gasteiger partial charge in [0.1, 0.15) is 5.75 Å². The van der Waals surface area contributed by atoms with E-state index in [0.717, 1.165) is 11.3 Å². The normalized spacial score (nSPS) is 10.7. The van der Waals surface area contributed by atoms with E-state index in [0.29, 0.717) is 20.9 Å². The van der Waals surface area contributed by atoms with Gasteiger partial charge in [0.15, 0.2) is 6.79 Å². The molecule has 0 amide bonds. The molecule has 4 nitrogen and oxygen atoms in total. The lowest BCUT2D eigenvalue weighted by Crippen LogP contribution is -2.22. The lowest BCUT2D eigenvalue weighted by atomic mass is 10.1. The van der Waals surface area contributed by atoms with Crippen molar-refractivity contribution in [1.82, 2.24) is 4.57 Å². The lowest BCUT2D eigenvalue weighted by molar-refractivity contribution is 0.0511. The van der Waals surface area contributed by atoms with E-state index in [4.69, 9.17) is 21.1 Å². The minimum atomic E-state index is -0.00799. The van der Waals surface area contributed by atoms with E-state index in [1.165, 1.54) is 0 Å².